The van der Waals surface area contributed by atoms with Crippen molar-refractivity contribution >= 4 is 11.7 Å². The Hall–Kier alpha value is -1.84. The fourth-order valence-electron chi connectivity index (χ4n) is 1.30. The fraction of sp³-hybridized carbons (Fsp3) is 0.273. The zero-order chi connectivity index (χ0) is 11.3. The second-order valence-corrected chi connectivity index (χ2v) is 3.17. The van der Waals surface area contributed by atoms with Gasteiger partial charge in [-0.05, 0) is 5.56 Å². The predicted molar refractivity (Wildman–Crippen MR) is 60.6 cm³/mol. The third-order valence-electron chi connectivity index (χ3n) is 2.07. The lowest BCUT2D eigenvalue weighted by Gasteiger charge is -2.04. The molecular weight excluding hydrogens is 190 g/mol. The van der Waals surface area contributed by atoms with Crippen molar-refractivity contribution in [2.45, 2.75) is 19.9 Å². The first-order valence-corrected chi connectivity index (χ1v) is 4.81. The van der Waals surface area contributed by atoms with Gasteiger partial charge in [0.2, 0.25) is 0 Å². The molecule has 1 aromatic rings. The normalized spacial score (nSPS) is 9.67. The quantitative estimate of drug-likeness (QED) is 0.438. The van der Waals surface area contributed by atoms with Crippen LogP contribution in [0.5, 0.6) is 0 Å². The minimum atomic E-state index is 0.0359. The maximum Gasteiger partial charge on any atom is 0.186 e. The van der Waals surface area contributed by atoms with E-state index in [4.69, 9.17) is 11.5 Å². The van der Waals surface area contributed by atoms with E-state index in [-0.39, 0.29) is 11.7 Å². The molecule has 0 heterocycles. The second kappa shape index (κ2) is 5.14. The molecule has 0 atom stereocenters. The monoisotopic (exact) mass is 205 g/mol. The van der Waals surface area contributed by atoms with Gasteiger partial charge in [-0.1, -0.05) is 31.2 Å². The van der Waals surface area contributed by atoms with Crippen LogP contribution in [0.3, 0.4) is 0 Å². The van der Waals surface area contributed by atoms with E-state index in [9.17, 15) is 4.79 Å². The van der Waals surface area contributed by atoms with Crippen molar-refractivity contribution in [2.24, 2.45) is 16.5 Å². The number of rotatable bonds is 4. The summed E-state index contributed by atoms with van der Waals surface area (Å²) in [5.41, 5.74) is 12.0. The number of hydrogen-bond donors (Lipinski definition) is 2. The minimum absolute atomic E-state index is 0.0359. The van der Waals surface area contributed by atoms with Crippen LogP contribution in [0.2, 0.25) is 0 Å². The highest BCUT2D eigenvalue weighted by Crippen LogP contribution is 2.12. The molecule has 0 radical (unpaired) electrons. The van der Waals surface area contributed by atoms with Gasteiger partial charge in [0.05, 0.1) is 6.54 Å². The van der Waals surface area contributed by atoms with Crippen LogP contribution in [0.4, 0.5) is 0 Å². The summed E-state index contributed by atoms with van der Waals surface area (Å²) in [5.74, 6) is 0.144. The molecule has 0 spiro atoms. The summed E-state index contributed by atoms with van der Waals surface area (Å²) in [7, 11) is 0. The van der Waals surface area contributed by atoms with Gasteiger partial charge in [-0.25, -0.2) is 4.99 Å². The number of nitrogens with zero attached hydrogens (tertiary/aromatic N) is 1. The van der Waals surface area contributed by atoms with Crippen LogP contribution in [0.25, 0.3) is 0 Å². The van der Waals surface area contributed by atoms with Crippen molar-refractivity contribution < 1.29 is 4.79 Å². The zero-order valence-corrected chi connectivity index (χ0v) is 8.73. The van der Waals surface area contributed by atoms with Gasteiger partial charge in [0, 0.05) is 12.0 Å². The molecule has 0 aromatic heterocycles. The highest BCUT2D eigenvalue weighted by molar-refractivity contribution is 5.97. The Balaban J connectivity index is 2.96. The number of carbonyl (C=O) groups is 1. The SMILES string of the molecule is CCC(=O)c1ccccc1CN=C(N)N. The van der Waals surface area contributed by atoms with E-state index in [1.807, 2.05) is 25.1 Å². The van der Waals surface area contributed by atoms with E-state index in [0.717, 1.165) is 5.56 Å². The lowest BCUT2D eigenvalue weighted by atomic mass is 10.0. The topological polar surface area (TPSA) is 81.5 Å². The van der Waals surface area contributed by atoms with Crippen molar-refractivity contribution in [3.05, 3.63) is 35.4 Å². The first kappa shape index (κ1) is 11.2. The van der Waals surface area contributed by atoms with E-state index in [1.165, 1.54) is 0 Å². The van der Waals surface area contributed by atoms with Crippen molar-refractivity contribution in [3.8, 4) is 0 Å². The van der Waals surface area contributed by atoms with Crippen LogP contribution < -0.4 is 11.5 Å². The van der Waals surface area contributed by atoms with Gasteiger partial charge in [-0.15, -0.1) is 0 Å². The molecule has 0 aliphatic heterocycles. The maximum absolute atomic E-state index is 11.6. The molecule has 0 unspecified atom stereocenters. The van der Waals surface area contributed by atoms with Crippen LogP contribution in [-0.4, -0.2) is 11.7 Å². The largest absolute Gasteiger partial charge is 0.370 e. The van der Waals surface area contributed by atoms with E-state index in [0.29, 0.717) is 18.5 Å². The Kier molecular flexibility index (Phi) is 3.85. The van der Waals surface area contributed by atoms with Gasteiger partial charge in [0.15, 0.2) is 11.7 Å². The lowest BCUT2D eigenvalue weighted by Crippen LogP contribution is -2.22. The Labute approximate surface area is 89.0 Å². The Morgan fingerprint density at radius 3 is 2.60 bits per heavy atom. The molecule has 4 N–H and O–H groups in total. The summed E-state index contributed by atoms with van der Waals surface area (Å²) >= 11 is 0. The van der Waals surface area contributed by atoms with Crippen LogP contribution in [0.15, 0.2) is 29.3 Å². The van der Waals surface area contributed by atoms with Gasteiger partial charge in [-0.2, -0.15) is 0 Å². The fourth-order valence-corrected chi connectivity index (χ4v) is 1.30. The number of benzene rings is 1. The van der Waals surface area contributed by atoms with E-state index in [2.05, 4.69) is 4.99 Å². The average molecular weight is 205 g/mol. The van der Waals surface area contributed by atoms with Gasteiger partial charge >= 0.3 is 0 Å². The van der Waals surface area contributed by atoms with Crippen LogP contribution >= 0.6 is 0 Å². The number of aliphatic imine (C=N–C) groups is 1. The second-order valence-electron chi connectivity index (χ2n) is 3.17. The number of ketones is 1. The molecule has 0 saturated carbocycles. The molecule has 0 bridgehead atoms. The average Bonchev–Trinajstić information content (AvgIpc) is 2.25. The predicted octanol–water partition coefficient (Wildman–Crippen LogP) is 1.05. The number of carbonyl (C=O) groups excluding carboxylic acids is 1. The lowest BCUT2D eigenvalue weighted by molar-refractivity contribution is 0.0987. The van der Waals surface area contributed by atoms with Crippen molar-refractivity contribution in [1.29, 1.82) is 0 Å². The number of nitrogens with two attached hydrogens (primary N) is 2. The van der Waals surface area contributed by atoms with Crippen molar-refractivity contribution in [3.63, 3.8) is 0 Å². The first-order valence-electron chi connectivity index (χ1n) is 4.81. The molecule has 1 rings (SSSR count). The number of Topliss-reactive ketones (excluding diaryl/α,β-unsaturated/α-hetero) is 1. The smallest absolute Gasteiger partial charge is 0.186 e. The zero-order valence-electron chi connectivity index (χ0n) is 8.73. The standard InChI is InChI=1S/C11H15N3O/c1-2-10(15)9-6-4-3-5-8(9)7-14-11(12)13/h3-6H,2,7H2,1H3,(H4,12,13,14). The molecule has 0 aliphatic rings. The molecule has 4 nitrogen and oxygen atoms in total. The molecular formula is C11H15N3O. The minimum Gasteiger partial charge on any atom is -0.370 e. The van der Waals surface area contributed by atoms with Gasteiger partial charge in [0.25, 0.3) is 0 Å². The molecule has 0 fully saturated rings. The molecule has 15 heavy (non-hydrogen) atoms. The summed E-state index contributed by atoms with van der Waals surface area (Å²) in [5, 5.41) is 0. The van der Waals surface area contributed by atoms with Crippen LogP contribution in [0, 0.1) is 0 Å². The first-order chi connectivity index (χ1) is 7.15. The molecule has 0 saturated heterocycles. The molecule has 80 valence electrons. The Bertz CT molecular complexity index is 381. The van der Waals surface area contributed by atoms with Crippen LogP contribution in [-0.2, 0) is 6.54 Å². The molecule has 4 heteroatoms. The van der Waals surface area contributed by atoms with Crippen LogP contribution in [0.1, 0.15) is 29.3 Å². The Morgan fingerprint density at radius 1 is 1.33 bits per heavy atom. The summed E-state index contributed by atoms with van der Waals surface area (Å²) in [4.78, 5) is 15.5. The highest BCUT2D eigenvalue weighted by atomic mass is 16.1. The molecule has 0 aliphatic carbocycles. The summed E-state index contributed by atoms with van der Waals surface area (Å²) in [6, 6.07) is 7.35. The third kappa shape index (κ3) is 3.09. The van der Waals surface area contributed by atoms with Crippen molar-refractivity contribution in [1.82, 2.24) is 0 Å². The van der Waals surface area contributed by atoms with Gasteiger partial charge in [0.1, 0.15) is 0 Å². The van der Waals surface area contributed by atoms with Crippen molar-refractivity contribution in [2.75, 3.05) is 0 Å². The van der Waals surface area contributed by atoms with E-state index < -0.39 is 0 Å². The van der Waals surface area contributed by atoms with Gasteiger partial charge < -0.3 is 11.5 Å². The third-order valence-corrected chi connectivity index (χ3v) is 2.07. The van der Waals surface area contributed by atoms with E-state index >= 15 is 0 Å². The summed E-state index contributed by atoms with van der Waals surface area (Å²) < 4.78 is 0. The highest BCUT2D eigenvalue weighted by Gasteiger charge is 2.07. The summed E-state index contributed by atoms with van der Waals surface area (Å²) in [6.07, 6.45) is 0.485. The number of guanidine groups is 1. The number of hydrogen-bond acceptors (Lipinski definition) is 2. The van der Waals surface area contributed by atoms with Gasteiger partial charge in [-0.3, -0.25) is 4.79 Å². The van der Waals surface area contributed by atoms with E-state index in [1.54, 1.807) is 6.07 Å². The molecule has 0 amide bonds. The molecule has 1 aromatic carbocycles. The Morgan fingerprint density at radius 2 is 2.00 bits per heavy atom. The maximum atomic E-state index is 11.6. The summed E-state index contributed by atoms with van der Waals surface area (Å²) in [6.45, 7) is 2.18.